The van der Waals surface area contributed by atoms with Gasteiger partial charge in [-0.05, 0) is 0 Å². The molecular weight excluding hydrogens is 144 g/mol. The third kappa shape index (κ3) is 1.08. The van der Waals surface area contributed by atoms with E-state index in [0.717, 1.165) is 6.54 Å². The van der Waals surface area contributed by atoms with Crippen molar-refractivity contribution < 1.29 is 10.2 Å². The standard InChI is InChI=1S/C7H12N2O2/c10-6-4-9-5(7(6)11)2-1-3-8-9/h1-2,5-8,10-11H,3-4H2/t5-,6+,7-/m0/s1. The molecule has 1 saturated heterocycles. The van der Waals surface area contributed by atoms with E-state index in [1.165, 1.54) is 0 Å². The van der Waals surface area contributed by atoms with Crippen LogP contribution in [0.15, 0.2) is 12.2 Å². The molecule has 0 aromatic carbocycles. The number of nitrogens with one attached hydrogen (secondary N) is 1. The molecule has 2 aliphatic heterocycles. The van der Waals surface area contributed by atoms with Crippen molar-refractivity contribution in [1.29, 1.82) is 0 Å². The first kappa shape index (κ1) is 7.24. The molecule has 11 heavy (non-hydrogen) atoms. The Labute approximate surface area is 65.1 Å². The van der Waals surface area contributed by atoms with Gasteiger partial charge in [0, 0.05) is 13.1 Å². The lowest BCUT2D eigenvalue weighted by atomic mass is 10.1. The molecule has 4 heteroatoms. The Morgan fingerprint density at radius 3 is 3.00 bits per heavy atom. The van der Waals surface area contributed by atoms with E-state index in [1.54, 1.807) is 0 Å². The Morgan fingerprint density at radius 2 is 2.27 bits per heavy atom. The predicted octanol–water partition coefficient (Wildman–Crippen LogP) is -1.53. The molecule has 0 aliphatic carbocycles. The molecule has 0 unspecified atom stereocenters. The average molecular weight is 156 g/mol. The van der Waals surface area contributed by atoms with Crippen molar-refractivity contribution in [2.45, 2.75) is 18.2 Å². The van der Waals surface area contributed by atoms with Crippen LogP contribution in [0.3, 0.4) is 0 Å². The van der Waals surface area contributed by atoms with E-state index in [9.17, 15) is 10.2 Å². The number of aliphatic hydroxyl groups excluding tert-OH is 2. The van der Waals surface area contributed by atoms with Gasteiger partial charge in [0.05, 0.1) is 12.1 Å². The van der Waals surface area contributed by atoms with Crippen LogP contribution in [0.25, 0.3) is 0 Å². The third-order valence-electron chi connectivity index (χ3n) is 2.23. The highest BCUT2D eigenvalue weighted by Crippen LogP contribution is 2.19. The van der Waals surface area contributed by atoms with Crippen LogP contribution in [0, 0.1) is 0 Å². The molecule has 0 aromatic heterocycles. The maximum atomic E-state index is 9.41. The summed E-state index contributed by atoms with van der Waals surface area (Å²) in [4.78, 5) is 0. The molecule has 0 bridgehead atoms. The van der Waals surface area contributed by atoms with Crippen LogP contribution in [0.1, 0.15) is 0 Å². The minimum atomic E-state index is -0.640. The molecule has 0 aromatic rings. The highest BCUT2D eigenvalue weighted by Gasteiger charge is 2.38. The molecular formula is C7H12N2O2. The quantitative estimate of drug-likeness (QED) is 0.372. The Hall–Kier alpha value is -0.420. The summed E-state index contributed by atoms with van der Waals surface area (Å²) in [5.41, 5.74) is 3.07. The summed E-state index contributed by atoms with van der Waals surface area (Å²) >= 11 is 0. The van der Waals surface area contributed by atoms with Crippen LogP contribution < -0.4 is 5.43 Å². The van der Waals surface area contributed by atoms with Crippen molar-refractivity contribution in [3.05, 3.63) is 12.2 Å². The van der Waals surface area contributed by atoms with E-state index < -0.39 is 12.2 Å². The van der Waals surface area contributed by atoms with Crippen molar-refractivity contribution >= 4 is 0 Å². The predicted molar refractivity (Wildman–Crippen MR) is 39.7 cm³/mol. The van der Waals surface area contributed by atoms with Gasteiger partial charge in [-0.3, -0.25) is 5.43 Å². The second-order valence-corrected chi connectivity index (χ2v) is 2.99. The summed E-state index contributed by atoms with van der Waals surface area (Å²) in [5.74, 6) is 0. The molecule has 0 saturated carbocycles. The van der Waals surface area contributed by atoms with E-state index in [0.29, 0.717) is 6.54 Å². The SMILES string of the molecule is O[C@@H]1[C@H](O)CN2NCC=C[C@@H]12. The van der Waals surface area contributed by atoms with Gasteiger partial charge in [0.1, 0.15) is 6.10 Å². The second-order valence-electron chi connectivity index (χ2n) is 2.99. The fourth-order valence-electron chi connectivity index (χ4n) is 1.61. The zero-order valence-corrected chi connectivity index (χ0v) is 6.14. The van der Waals surface area contributed by atoms with Gasteiger partial charge in [-0.1, -0.05) is 12.2 Å². The van der Waals surface area contributed by atoms with Crippen molar-refractivity contribution in [2.24, 2.45) is 0 Å². The smallest absolute Gasteiger partial charge is 0.102 e. The first-order valence-electron chi connectivity index (χ1n) is 3.82. The number of nitrogens with zero attached hydrogens (tertiary/aromatic N) is 1. The van der Waals surface area contributed by atoms with Crippen LogP contribution in [0.2, 0.25) is 0 Å². The number of hydrazine groups is 1. The van der Waals surface area contributed by atoms with Gasteiger partial charge in [-0.2, -0.15) is 0 Å². The van der Waals surface area contributed by atoms with E-state index in [2.05, 4.69) is 5.43 Å². The molecule has 0 spiro atoms. The topological polar surface area (TPSA) is 55.7 Å². The Morgan fingerprint density at radius 1 is 1.45 bits per heavy atom. The first-order chi connectivity index (χ1) is 5.29. The fraction of sp³-hybridized carbons (Fsp3) is 0.714. The summed E-state index contributed by atoms with van der Waals surface area (Å²) in [6.07, 6.45) is 2.63. The van der Waals surface area contributed by atoms with Gasteiger partial charge in [0.2, 0.25) is 0 Å². The van der Waals surface area contributed by atoms with Gasteiger partial charge >= 0.3 is 0 Å². The number of fused-ring (bicyclic) bond motifs is 1. The molecule has 4 nitrogen and oxygen atoms in total. The zero-order chi connectivity index (χ0) is 7.84. The molecule has 0 radical (unpaired) electrons. The molecule has 0 amide bonds. The van der Waals surface area contributed by atoms with Gasteiger partial charge in [0.25, 0.3) is 0 Å². The Balaban J connectivity index is 2.15. The fourth-order valence-corrected chi connectivity index (χ4v) is 1.61. The maximum absolute atomic E-state index is 9.41. The van der Waals surface area contributed by atoms with Crippen molar-refractivity contribution in [1.82, 2.24) is 10.4 Å². The maximum Gasteiger partial charge on any atom is 0.102 e. The summed E-state index contributed by atoms with van der Waals surface area (Å²) in [7, 11) is 0. The molecule has 2 heterocycles. The van der Waals surface area contributed by atoms with Crippen LogP contribution in [-0.2, 0) is 0 Å². The largest absolute Gasteiger partial charge is 0.389 e. The minimum absolute atomic E-state index is 0.0428. The number of aliphatic hydroxyl groups is 2. The third-order valence-corrected chi connectivity index (χ3v) is 2.23. The normalized spacial score (nSPS) is 44.4. The van der Waals surface area contributed by atoms with Crippen LogP contribution in [0.5, 0.6) is 0 Å². The molecule has 1 fully saturated rings. The molecule has 2 rings (SSSR count). The van der Waals surface area contributed by atoms with Gasteiger partial charge in [0.15, 0.2) is 0 Å². The molecule has 62 valence electrons. The summed E-state index contributed by atoms with van der Waals surface area (Å²) < 4.78 is 0. The van der Waals surface area contributed by atoms with Crippen molar-refractivity contribution in [3.63, 3.8) is 0 Å². The highest BCUT2D eigenvalue weighted by atomic mass is 16.3. The highest BCUT2D eigenvalue weighted by molar-refractivity contribution is 5.08. The zero-order valence-electron chi connectivity index (χ0n) is 6.14. The van der Waals surface area contributed by atoms with Crippen molar-refractivity contribution in [3.8, 4) is 0 Å². The minimum Gasteiger partial charge on any atom is -0.389 e. The summed E-state index contributed by atoms with van der Waals surface area (Å²) in [6.45, 7) is 1.30. The summed E-state index contributed by atoms with van der Waals surface area (Å²) in [5, 5.41) is 20.5. The van der Waals surface area contributed by atoms with E-state index in [1.807, 2.05) is 17.2 Å². The molecule has 3 atom stereocenters. The lowest BCUT2D eigenvalue weighted by molar-refractivity contribution is 0.0450. The van der Waals surface area contributed by atoms with Gasteiger partial charge < -0.3 is 10.2 Å². The first-order valence-corrected chi connectivity index (χ1v) is 3.82. The number of hydrogen-bond acceptors (Lipinski definition) is 4. The number of hydrogen-bond donors (Lipinski definition) is 3. The monoisotopic (exact) mass is 156 g/mol. The molecule has 3 N–H and O–H groups in total. The van der Waals surface area contributed by atoms with E-state index in [-0.39, 0.29) is 6.04 Å². The molecule has 2 aliphatic rings. The Kier molecular flexibility index (Phi) is 1.69. The van der Waals surface area contributed by atoms with E-state index >= 15 is 0 Å². The summed E-state index contributed by atoms with van der Waals surface area (Å²) in [6, 6.07) is -0.0428. The Bertz CT molecular complexity index is 183. The number of rotatable bonds is 0. The van der Waals surface area contributed by atoms with Crippen molar-refractivity contribution in [2.75, 3.05) is 13.1 Å². The second kappa shape index (κ2) is 2.57. The van der Waals surface area contributed by atoms with Crippen LogP contribution in [-0.4, -0.2) is 46.6 Å². The van der Waals surface area contributed by atoms with Gasteiger partial charge in [-0.25, -0.2) is 5.01 Å². The average Bonchev–Trinajstić information content (AvgIpc) is 2.30. The van der Waals surface area contributed by atoms with Crippen LogP contribution in [0.4, 0.5) is 0 Å². The lowest BCUT2D eigenvalue weighted by Crippen LogP contribution is -2.46. The van der Waals surface area contributed by atoms with Crippen LogP contribution >= 0.6 is 0 Å². The van der Waals surface area contributed by atoms with E-state index in [4.69, 9.17) is 0 Å². The lowest BCUT2D eigenvalue weighted by Gasteiger charge is -2.26. The van der Waals surface area contributed by atoms with Gasteiger partial charge in [-0.15, -0.1) is 0 Å².